The van der Waals surface area contributed by atoms with Crippen molar-refractivity contribution in [2.75, 3.05) is 13.6 Å². The number of likely N-dealkylation sites (N-methyl/N-ethyl adjacent to an activating group) is 1. The summed E-state index contributed by atoms with van der Waals surface area (Å²) in [7, 11) is 1.25. The van der Waals surface area contributed by atoms with Crippen LogP contribution in [-0.2, 0) is 11.2 Å². The van der Waals surface area contributed by atoms with Crippen LogP contribution < -0.4 is 0 Å². The Labute approximate surface area is 125 Å². The number of carbonyl (C=O) groups excluding carboxylic acids is 1. The molecule has 1 aromatic heterocycles. The Morgan fingerprint density at radius 2 is 2.09 bits per heavy atom. The van der Waals surface area contributed by atoms with Gasteiger partial charge in [0.05, 0.1) is 13.0 Å². The first-order chi connectivity index (χ1) is 10.2. The van der Waals surface area contributed by atoms with Gasteiger partial charge in [-0.3, -0.25) is 4.79 Å². The molecule has 2 rings (SSSR count). The minimum absolute atomic E-state index is 0.0237. The van der Waals surface area contributed by atoms with Gasteiger partial charge >= 0.3 is 6.18 Å². The number of carbonyl (C=O) groups is 1. The molecule has 120 valence electrons. The predicted octanol–water partition coefficient (Wildman–Crippen LogP) is 2.40. The second-order valence-corrected chi connectivity index (χ2v) is 5.37. The molecule has 1 heterocycles. The first-order valence-corrected chi connectivity index (χ1v) is 6.74. The fraction of sp³-hybridized carbons (Fsp3) is 0.400. The molecule has 0 aliphatic carbocycles. The van der Waals surface area contributed by atoms with Gasteiger partial charge in [-0.1, -0.05) is 12.1 Å². The second-order valence-electron chi connectivity index (χ2n) is 5.37. The molecule has 0 fully saturated rings. The lowest BCUT2D eigenvalue weighted by Gasteiger charge is -2.22. The Balaban J connectivity index is 2.07. The molecule has 0 bridgehead atoms. The highest BCUT2D eigenvalue weighted by molar-refractivity contribution is 5.89. The van der Waals surface area contributed by atoms with Crippen LogP contribution in [0.1, 0.15) is 11.1 Å². The quantitative estimate of drug-likeness (QED) is 0.910. The number of nitrogens with one attached hydrogen (secondary N) is 1. The Bertz CT molecular complexity index is 679. The van der Waals surface area contributed by atoms with E-state index in [0.717, 1.165) is 21.4 Å². The van der Waals surface area contributed by atoms with Crippen molar-refractivity contribution in [2.45, 2.75) is 25.6 Å². The summed E-state index contributed by atoms with van der Waals surface area (Å²) < 4.78 is 36.9. The number of hydrogen-bond donors (Lipinski definition) is 2. The number of aliphatic hydroxyl groups is 1. The average Bonchev–Trinajstić information content (AvgIpc) is 2.79. The molecular formula is C15H17F3N2O2. The van der Waals surface area contributed by atoms with Gasteiger partial charge in [0, 0.05) is 24.1 Å². The number of rotatable bonds is 4. The largest absolute Gasteiger partial charge is 0.416 e. The summed E-state index contributed by atoms with van der Waals surface area (Å²) in [5.74, 6) is -0.482. The van der Waals surface area contributed by atoms with E-state index >= 15 is 0 Å². The van der Waals surface area contributed by atoms with E-state index < -0.39 is 24.7 Å². The standard InChI is InChI=1S/C15H17F3N2O2/c1-9-3-4-11-10(7-19-12(11)5-9)6-14(22)20(2)8-13(21)15(16,17)18/h3-5,7,13,19,21H,6,8H2,1-2H3. The zero-order valence-electron chi connectivity index (χ0n) is 12.2. The van der Waals surface area contributed by atoms with Crippen LogP contribution in [0.3, 0.4) is 0 Å². The number of nitrogens with zero attached hydrogens (tertiary/aromatic N) is 1. The number of amides is 1. The van der Waals surface area contributed by atoms with Crippen LogP contribution in [0, 0.1) is 6.92 Å². The number of hydrogen-bond acceptors (Lipinski definition) is 2. The molecule has 0 aliphatic rings. The van der Waals surface area contributed by atoms with Crippen LogP contribution in [0.4, 0.5) is 13.2 Å². The highest BCUT2D eigenvalue weighted by Crippen LogP contribution is 2.22. The van der Waals surface area contributed by atoms with E-state index in [2.05, 4.69) is 4.98 Å². The third-order valence-corrected chi connectivity index (χ3v) is 3.51. The van der Waals surface area contributed by atoms with Crippen LogP contribution in [0.15, 0.2) is 24.4 Å². The first kappa shape index (κ1) is 16.4. The van der Waals surface area contributed by atoms with E-state index in [0.29, 0.717) is 5.56 Å². The van der Waals surface area contributed by atoms with Gasteiger partial charge in [-0.15, -0.1) is 0 Å². The predicted molar refractivity (Wildman–Crippen MR) is 76.4 cm³/mol. The number of aromatic nitrogens is 1. The van der Waals surface area contributed by atoms with Crippen LogP contribution in [0.25, 0.3) is 10.9 Å². The van der Waals surface area contributed by atoms with Crippen molar-refractivity contribution in [3.8, 4) is 0 Å². The highest BCUT2D eigenvalue weighted by atomic mass is 19.4. The highest BCUT2D eigenvalue weighted by Gasteiger charge is 2.39. The zero-order valence-corrected chi connectivity index (χ0v) is 12.2. The van der Waals surface area contributed by atoms with E-state index in [9.17, 15) is 18.0 Å². The van der Waals surface area contributed by atoms with E-state index in [1.807, 2.05) is 25.1 Å². The summed E-state index contributed by atoms with van der Waals surface area (Å²) in [6, 6.07) is 5.70. The number of aliphatic hydroxyl groups excluding tert-OH is 1. The Kier molecular flexibility index (Phi) is 4.46. The molecule has 7 heteroatoms. The second kappa shape index (κ2) is 6.00. The summed E-state index contributed by atoms with van der Waals surface area (Å²) in [5, 5.41) is 9.87. The lowest BCUT2D eigenvalue weighted by atomic mass is 10.1. The molecule has 2 aromatic rings. The molecule has 22 heavy (non-hydrogen) atoms. The Morgan fingerprint density at radius 3 is 2.73 bits per heavy atom. The van der Waals surface area contributed by atoms with E-state index in [1.54, 1.807) is 6.20 Å². The molecule has 1 atom stereocenters. The summed E-state index contributed by atoms with van der Waals surface area (Å²) in [4.78, 5) is 15.9. The number of benzene rings is 1. The van der Waals surface area contributed by atoms with Gasteiger partial charge in [-0.05, 0) is 24.1 Å². The molecular weight excluding hydrogens is 297 g/mol. The number of halogens is 3. The number of H-pyrrole nitrogens is 1. The monoisotopic (exact) mass is 314 g/mol. The molecule has 0 saturated heterocycles. The third kappa shape index (κ3) is 3.59. The maximum absolute atomic E-state index is 12.3. The van der Waals surface area contributed by atoms with E-state index in [4.69, 9.17) is 5.11 Å². The Hall–Kier alpha value is -2.02. The van der Waals surface area contributed by atoms with Crippen LogP contribution in [0.5, 0.6) is 0 Å². The number of aromatic amines is 1. The molecule has 1 unspecified atom stereocenters. The lowest BCUT2D eigenvalue weighted by molar-refractivity contribution is -0.207. The molecule has 1 amide bonds. The molecule has 0 radical (unpaired) electrons. The summed E-state index contributed by atoms with van der Waals surface area (Å²) in [6.45, 7) is 1.17. The first-order valence-electron chi connectivity index (χ1n) is 6.74. The van der Waals surface area contributed by atoms with Gasteiger partial charge in [-0.2, -0.15) is 13.2 Å². The molecule has 2 N–H and O–H groups in total. The number of fused-ring (bicyclic) bond motifs is 1. The molecule has 4 nitrogen and oxygen atoms in total. The van der Waals surface area contributed by atoms with Gasteiger partial charge in [0.15, 0.2) is 6.10 Å². The van der Waals surface area contributed by atoms with E-state index in [1.165, 1.54) is 7.05 Å². The third-order valence-electron chi connectivity index (χ3n) is 3.51. The molecule has 0 spiro atoms. The van der Waals surface area contributed by atoms with Crippen molar-refractivity contribution >= 4 is 16.8 Å². The van der Waals surface area contributed by atoms with Crippen LogP contribution in [0.2, 0.25) is 0 Å². The summed E-state index contributed by atoms with van der Waals surface area (Å²) in [6.07, 6.45) is -5.61. The molecule has 0 aliphatic heterocycles. The lowest BCUT2D eigenvalue weighted by Crippen LogP contribution is -2.42. The molecule has 0 saturated carbocycles. The molecule has 1 aromatic carbocycles. The van der Waals surface area contributed by atoms with Gasteiger partial charge in [-0.25, -0.2) is 0 Å². The van der Waals surface area contributed by atoms with E-state index in [-0.39, 0.29) is 6.42 Å². The summed E-state index contributed by atoms with van der Waals surface area (Å²) in [5.41, 5.74) is 2.66. The number of alkyl halides is 3. The van der Waals surface area contributed by atoms with Crippen molar-refractivity contribution < 1.29 is 23.1 Å². The smallest absolute Gasteiger partial charge is 0.382 e. The van der Waals surface area contributed by atoms with Gasteiger partial charge in [0.1, 0.15) is 0 Å². The minimum Gasteiger partial charge on any atom is -0.382 e. The van der Waals surface area contributed by atoms with Gasteiger partial charge < -0.3 is 15.0 Å². The van der Waals surface area contributed by atoms with Gasteiger partial charge in [0.2, 0.25) is 5.91 Å². The fourth-order valence-electron chi connectivity index (χ4n) is 2.21. The van der Waals surface area contributed by atoms with Crippen molar-refractivity contribution in [1.29, 1.82) is 0 Å². The normalized spacial score (nSPS) is 13.4. The minimum atomic E-state index is -4.73. The zero-order chi connectivity index (χ0) is 16.5. The summed E-state index contributed by atoms with van der Waals surface area (Å²) >= 11 is 0. The average molecular weight is 314 g/mol. The fourth-order valence-corrected chi connectivity index (χ4v) is 2.21. The Morgan fingerprint density at radius 1 is 1.41 bits per heavy atom. The van der Waals surface area contributed by atoms with Crippen molar-refractivity contribution in [3.05, 3.63) is 35.5 Å². The number of aryl methyl sites for hydroxylation is 1. The maximum Gasteiger partial charge on any atom is 0.416 e. The van der Waals surface area contributed by atoms with Crippen molar-refractivity contribution in [3.63, 3.8) is 0 Å². The van der Waals surface area contributed by atoms with Crippen LogP contribution >= 0.6 is 0 Å². The van der Waals surface area contributed by atoms with Crippen LogP contribution in [-0.4, -0.2) is 46.8 Å². The maximum atomic E-state index is 12.3. The van der Waals surface area contributed by atoms with Crippen molar-refractivity contribution in [2.24, 2.45) is 0 Å². The topological polar surface area (TPSA) is 56.3 Å². The SMILES string of the molecule is Cc1ccc2c(CC(=O)N(C)CC(O)C(F)(F)F)c[nH]c2c1. The van der Waals surface area contributed by atoms with Crippen molar-refractivity contribution in [1.82, 2.24) is 9.88 Å². The van der Waals surface area contributed by atoms with Gasteiger partial charge in [0.25, 0.3) is 0 Å².